The molecule has 4 aromatic carbocycles. The fourth-order valence-corrected chi connectivity index (χ4v) is 5.49. The maximum Gasteiger partial charge on any atom is 0.410 e. The highest BCUT2D eigenvalue weighted by Gasteiger charge is 2.18. The standard InChI is InChI=1S/C43H47N3O10/c1-49-36-13-5-32(6-14-36)28-45(29-33-7-15-37(50-2)16-8-33)42(47)55-23-21-53-40-25-41(27-44-26-40)54-22-24-56-43(48)46(30-34-9-17-38(51-3)18-10-34)31-35-11-19-39(52-4)20-12-35/h5-20,25-27H,21-24,28-31H2,1-4H3. The van der Waals surface area contributed by atoms with Crippen molar-refractivity contribution < 1.29 is 47.5 Å². The molecule has 0 radical (unpaired) electrons. The average Bonchev–Trinajstić information content (AvgIpc) is 3.24. The zero-order chi connectivity index (χ0) is 39.5. The van der Waals surface area contributed by atoms with Crippen molar-refractivity contribution in [3.05, 3.63) is 138 Å². The van der Waals surface area contributed by atoms with E-state index in [9.17, 15) is 9.59 Å². The normalized spacial score (nSPS) is 10.5. The van der Waals surface area contributed by atoms with Crippen molar-refractivity contribution in [3.63, 3.8) is 0 Å². The smallest absolute Gasteiger partial charge is 0.410 e. The van der Waals surface area contributed by atoms with Gasteiger partial charge in [0.25, 0.3) is 0 Å². The zero-order valence-electron chi connectivity index (χ0n) is 32.1. The lowest BCUT2D eigenvalue weighted by atomic mass is 10.1. The van der Waals surface area contributed by atoms with Crippen LogP contribution in [0.5, 0.6) is 34.5 Å². The molecule has 0 fully saturated rings. The Kier molecular flexibility index (Phi) is 15.4. The number of carbonyl (C=O) groups is 2. The van der Waals surface area contributed by atoms with Gasteiger partial charge in [0.05, 0.1) is 40.8 Å². The first-order chi connectivity index (χ1) is 27.3. The van der Waals surface area contributed by atoms with Gasteiger partial charge in [-0.1, -0.05) is 48.5 Å². The van der Waals surface area contributed by atoms with Gasteiger partial charge >= 0.3 is 12.2 Å². The second-order valence-corrected chi connectivity index (χ2v) is 12.4. The van der Waals surface area contributed by atoms with Crippen molar-refractivity contribution in [2.24, 2.45) is 0 Å². The predicted octanol–water partition coefficient (Wildman–Crippen LogP) is 7.55. The molecule has 0 aliphatic heterocycles. The van der Waals surface area contributed by atoms with E-state index in [1.54, 1.807) is 44.3 Å². The Balaban J connectivity index is 1.09. The van der Waals surface area contributed by atoms with Gasteiger partial charge in [-0.3, -0.25) is 14.8 Å². The predicted molar refractivity (Wildman–Crippen MR) is 208 cm³/mol. The Hall–Kier alpha value is -6.63. The number of amides is 2. The molecule has 13 nitrogen and oxygen atoms in total. The number of hydrogen-bond donors (Lipinski definition) is 0. The summed E-state index contributed by atoms with van der Waals surface area (Å²) >= 11 is 0. The summed E-state index contributed by atoms with van der Waals surface area (Å²) in [5.41, 5.74) is 3.68. The molecule has 0 N–H and O–H groups in total. The fraction of sp³-hybridized carbons (Fsp3) is 0.279. The summed E-state index contributed by atoms with van der Waals surface area (Å²) in [5, 5.41) is 0. The molecule has 0 bridgehead atoms. The number of benzene rings is 4. The number of rotatable bonds is 20. The highest BCUT2D eigenvalue weighted by molar-refractivity contribution is 5.68. The van der Waals surface area contributed by atoms with Crippen LogP contribution in [0.15, 0.2) is 116 Å². The van der Waals surface area contributed by atoms with E-state index in [-0.39, 0.29) is 26.4 Å². The lowest BCUT2D eigenvalue weighted by Crippen LogP contribution is -2.31. The van der Waals surface area contributed by atoms with Crippen LogP contribution in [-0.2, 0) is 35.7 Å². The highest BCUT2D eigenvalue weighted by atomic mass is 16.6. The van der Waals surface area contributed by atoms with Crippen LogP contribution < -0.4 is 28.4 Å². The molecule has 1 heterocycles. The second kappa shape index (κ2) is 21.3. The number of carbonyl (C=O) groups excluding carboxylic acids is 2. The van der Waals surface area contributed by atoms with Gasteiger partial charge in [-0.2, -0.15) is 0 Å². The van der Waals surface area contributed by atoms with Crippen molar-refractivity contribution in [2.75, 3.05) is 54.9 Å². The summed E-state index contributed by atoms with van der Waals surface area (Å²) < 4.78 is 43.9. The Morgan fingerprint density at radius 1 is 0.429 bits per heavy atom. The number of hydrogen-bond acceptors (Lipinski definition) is 11. The SMILES string of the molecule is COc1ccc(CN(Cc2ccc(OC)cc2)C(=O)OCCOc2cncc(OCCOC(=O)N(Cc3ccc(OC)cc3)Cc3ccc(OC)cc3)c2)cc1. The van der Waals surface area contributed by atoms with Gasteiger partial charge in [0, 0.05) is 32.2 Å². The van der Waals surface area contributed by atoms with E-state index in [0.717, 1.165) is 45.3 Å². The van der Waals surface area contributed by atoms with Crippen molar-refractivity contribution in [1.82, 2.24) is 14.8 Å². The Morgan fingerprint density at radius 2 is 0.714 bits per heavy atom. The summed E-state index contributed by atoms with van der Waals surface area (Å²) in [7, 11) is 6.43. The molecule has 0 aliphatic carbocycles. The van der Waals surface area contributed by atoms with E-state index in [1.807, 2.05) is 97.1 Å². The van der Waals surface area contributed by atoms with Gasteiger partial charge in [-0.25, -0.2) is 9.59 Å². The van der Waals surface area contributed by atoms with Crippen molar-refractivity contribution in [3.8, 4) is 34.5 Å². The van der Waals surface area contributed by atoms with Gasteiger partial charge in [-0.05, 0) is 70.8 Å². The Bertz CT molecular complexity index is 1700. The lowest BCUT2D eigenvalue weighted by molar-refractivity contribution is 0.0828. The largest absolute Gasteiger partial charge is 0.497 e. The third-order valence-electron chi connectivity index (χ3n) is 8.49. The van der Waals surface area contributed by atoms with Crippen molar-refractivity contribution in [2.45, 2.75) is 26.2 Å². The van der Waals surface area contributed by atoms with Crippen molar-refractivity contribution >= 4 is 12.2 Å². The third kappa shape index (κ3) is 12.8. The van der Waals surface area contributed by atoms with E-state index < -0.39 is 12.2 Å². The topological polar surface area (TPSA) is 127 Å². The molecule has 5 aromatic rings. The molecule has 1 aromatic heterocycles. The van der Waals surface area contributed by atoms with Gasteiger partial charge in [0.15, 0.2) is 0 Å². The van der Waals surface area contributed by atoms with Crippen LogP contribution in [0.4, 0.5) is 9.59 Å². The van der Waals surface area contributed by atoms with Gasteiger partial charge < -0.3 is 37.9 Å². The van der Waals surface area contributed by atoms with Crippen LogP contribution in [0.2, 0.25) is 0 Å². The van der Waals surface area contributed by atoms with E-state index in [4.69, 9.17) is 37.9 Å². The number of aromatic nitrogens is 1. The van der Waals surface area contributed by atoms with E-state index in [1.165, 1.54) is 12.4 Å². The third-order valence-corrected chi connectivity index (χ3v) is 8.49. The number of pyridine rings is 1. The zero-order valence-corrected chi connectivity index (χ0v) is 32.1. The van der Waals surface area contributed by atoms with Crippen LogP contribution in [0.3, 0.4) is 0 Å². The molecule has 0 saturated carbocycles. The summed E-state index contributed by atoms with van der Waals surface area (Å²) in [6, 6.07) is 31.7. The molecule has 0 unspecified atom stereocenters. The minimum atomic E-state index is -0.489. The van der Waals surface area contributed by atoms with Gasteiger partial charge in [0.2, 0.25) is 0 Å². The minimum absolute atomic E-state index is 0.00511. The number of methoxy groups -OCH3 is 4. The maximum absolute atomic E-state index is 13.2. The first kappa shape index (κ1) is 40.6. The molecule has 0 atom stereocenters. The molecule has 56 heavy (non-hydrogen) atoms. The maximum atomic E-state index is 13.2. The molecule has 13 heteroatoms. The summed E-state index contributed by atoms with van der Waals surface area (Å²) in [4.78, 5) is 33.9. The quantitative estimate of drug-likeness (QED) is 0.0729. The monoisotopic (exact) mass is 765 g/mol. The van der Waals surface area contributed by atoms with E-state index in [0.29, 0.717) is 37.7 Å². The first-order valence-corrected chi connectivity index (χ1v) is 17.9. The molecular weight excluding hydrogens is 718 g/mol. The minimum Gasteiger partial charge on any atom is -0.497 e. The average molecular weight is 766 g/mol. The molecule has 2 amide bonds. The highest BCUT2D eigenvalue weighted by Crippen LogP contribution is 2.21. The van der Waals surface area contributed by atoms with Crippen LogP contribution in [0.25, 0.3) is 0 Å². The van der Waals surface area contributed by atoms with Crippen LogP contribution in [0, 0.1) is 0 Å². The van der Waals surface area contributed by atoms with Crippen LogP contribution >= 0.6 is 0 Å². The number of ether oxygens (including phenoxy) is 8. The second-order valence-electron chi connectivity index (χ2n) is 12.4. The summed E-state index contributed by atoms with van der Waals surface area (Å²) in [5.74, 6) is 3.77. The van der Waals surface area contributed by atoms with Gasteiger partial charge in [-0.15, -0.1) is 0 Å². The van der Waals surface area contributed by atoms with Crippen molar-refractivity contribution in [1.29, 1.82) is 0 Å². The van der Waals surface area contributed by atoms with Crippen LogP contribution in [-0.4, -0.2) is 81.8 Å². The number of nitrogens with zero attached hydrogens (tertiary/aromatic N) is 3. The van der Waals surface area contributed by atoms with Gasteiger partial charge in [0.1, 0.15) is 60.9 Å². The van der Waals surface area contributed by atoms with E-state index in [2.05, 4.69) is 4.98 Å². The molecule has 0 aliphatic rings. The summed E-state index contributed by atoms with van der Waals surface area (Å²) in [6.07, 6.45) is 2.09. The first-order valence-electron chi connectivity index (χ1n) is 17.9. The van der Waals surface area contributed by atoms with Crippen LogP contribution in [0.1, 0.15) is 22.3 Å². The lowest BCUT2D eigenvalue weighted by Gasteiger charge is -2.23. The molecule has 5 rings (SSSR count). The molecule has 294 valence electrons. The molecular formula is C43H47N3O10. The Morgan fingerprint density at radius 3 is 0.982 bits per heavy atom. The van der Waals surface area contributed by atoms with E-state index >= 15 is 0 Å². The molecule has 0 spiro atoms. The molecule has 0 saturated heterocycles. The Labute approximate surface area is 327 Å². The summed E-state index contributed by atoms with van der Waals surface area (Å²) in [6.45, 7) is 1.51. The fourth-order valence-electron chi connectivity index (χ4n) is 5.49.